The average molecular weight is 389 g/mol. The van der Waals surface area contributed by atoms with Crippen molar-refractivity contribution in [3.05, 3.63) is 23.2 Å². The van der Waals surface area contributed by atoms with E-state index in [9.17, 15) is 13.2 Å². The Labute approximate surface area is 154 Å². The van der Waals surface area contributed by atoms with Gasteiger partial charge in [0, 0.05) is 25.2 Å². The Balaban J connectivity index is 2.18. The first-order chi connectivity index (χ1) is 11.9. The summed E-state index contributed by atoms with van der Waals surface area (Å²) in [4.78, 5) is 14.2. The Kier molecular flexibility index (Phi) is 7.10. The first-order valence-corrected chi connectivity index (χ1v) is 10.3. The molecular formula is C17H25ClN2O4S. The van der Waals surface area contributed by atoms with Gasteiger partial charge in [-0.3, -0.25) is 4.79 Å². The van der Waals surface area contributed by atoms with Gasteiger partial charge in [0.15, 0.2) is 0 Å². The van der Waals surface area contributed by atoms with Gasteiger partial charge in [-0.1, -0.05) is 24.4 Å². The molecule has 1 heterocycles. The molecule has 0 spiro atoms. The van der Waals surface area contributed by atoms with Crippen molar-refractivity contribution in [2.24, 2.45) is 0 Å². The lowest BCUT2D eigenvalue weighted by Gasteiger charge is -2.24. The lowest BCUT2D eigenvalue weighted by atomic mass is 10.2. The summed E-state index contributed by atoms with van der Waals surface area (Å²) in [5.41, 5.74) is 0. The smallest absolute Gasteiger partial charge is 0.247 e. The second kappa shape index (κ2) is 8.87. The maximum atomic E-state index is 12.9. The standard InChI is InChI=1S/C17H25ClN2O4S/c1-3-24-15-9-8-14(18)12-16(15)25(22,23)19(2)13-17(21)20-10-6-4-5-7-11-20/h8-9,12H,3-7,10-11,13H2,1-2H3. The van der Waals surface area contributed by atoms with Gasteiger partial charge in [-0.25, -0.2) is 8.42 Å². The summed E-state index contributed by atoms with van der Waals surface area (Å²) in [6, 6.07) is 4.46. The number of sulfonamides is 1. The van der Waals surface area contributed by atoms with E-state index < -0.39 is 10.0 Å². The van der Waals surface area contributed by atoms with E-state index in [1.807, 2.05) is 0 Å². The molecule has 1 aromatic rings. The van der Waals surface area contributed by atoms with Gasteiger partial charge in [0.1, 0.15) is 10.6 Å². The molecule has 0 unspecified atom stereocenters. The fraction of sp³-hybridized carbons (Fsp3) is 0.588. The van der Waals surface area contributed by atoms with Crippen molar-refractivity contribution in [2.45, 2.75) is 37.5 Å². The van der Waals surface area contributed by atoms with Gasteiger partial charge in [0.05, 0.1) is 13.2 Å². The van der Waals surface area contributed by atoms with Gasteiger partial charge in [-0.15, -0.1) is 0 Å². The Morgan fingerprint density at radius 3 is 2.48 bits per heavy atom. The van der Waals surface area contributed by atoms with E-state index in [4.69, 9.17) is 16.3 Å². The van der Waals surface area contributed by atoms with Crippen LogP contribution in [0.2, 0.25) is 5.02 Å². The van der Waals surface area contributed by atoms with Crippen molar-refractivity contribution in [3.63, 3.8) is 0 Å². The molecule has 1 fully saturated rings. The lowest BCUT2D eigenvalue weighted by molar-refractivity contribution is -0.131. The quantitative estimate of drug-likeness (QED) is 0.751. The number of carbonyl (C=O) groups excluding carboxylic acids is 1. The van der Waals surface area contributed by atoms with E-state index in [-0.39, 0.29) is 23.1 Å². The van der Waals surface area contributed by atoms with Crippen molar-refractivity contribution >= 4 is 27.5 Å². The summed E-state index contributed by atoms with van der Waals surface area (Å²) in [6.45, 7) is 3.29. The van der Waals surface area contributed by atoms with Crippen molar-refractivity contribution in [1.82, 2.24) is 9.21 Å². The van der Waals surface area contributed by atoms with Gasteiger partial charge in [-0.2, -0.15) is 4.31 Å². The first kappa shape index (κ1) is 20.0. The minimum absolute atomic E-state index is 0.0204. The van der Waals surface area contributed by atoms with Crippen molar-refractivity contribution in [2.75, 3.05) is 33.3 Å². The minimum atomic E-state index is -3.88. The maximum Gasteiger partial charge on any atom is 0.247 e. The highest BCUT2D eigenvalue weighted by Crippen LogP contribution is 2.29. The fourth-order valence-corrected chi connectivity index (χ4v) is 4.33. The topological polar surface area (TPSA) is 66.9 Å². The highest BCUT2D eigenvalue weighted by Gasteiger charge is 2.28. The average Bonchev–Trinajstić information content (AvgIpc) is 2.85. The normalized spacial score (nSPS) is 15.9. The summed E-state index contributed by atoms with van der Waals surface area (Å²) in [7, 11) is -2.48. The third kappa shape index (κ3) is 5.09. The highest BCUT2D eigenvalue weighted by atomic mass is 35.5. The number of likely N-dealkylation sites (tertiary alicyclic amines) is 1. The fourth-order valence-electron chi connectivity index (χ4n) is 2.82. The number of ether oxygens (including phenoxy) is 1. The number of amides is 1. The van der Waals surface area contributed by atoms with Crippen LogP contribution in [0.4, 0.5) is 0 Å². The molecule has 1 saturated heterocycles. The predicted octanol–water partition coefficient (Wildman–Crippen LogP) is 2.76. The molecule has 1 aliphatic heterocycles. The zero-order chi connectivity index (χ0) is 18.4. The van der Waals surface area contributed by atoms with Crippen LogP contribution in [-0.2, 0) is 14.8 Å². The zero-order valence-corrected chi connectivity index (χ0v) is 16.3. The number of nitrogens with zero attached hydrogens (tertiary/aromatic N) is 2. The minimum Gasteiger partial charge on any atom is -0.492 e. The molecule has 8 heteroatoms. The van der Waals surface area contributed by atoms with Crippen LogP contribution in [0, 0.1) is 0 Å². The molecule has 1 aromatic carbocycles. The summed E-state index contributed by atoms with van der Waals surface area (Å²) >= 11 is 5.96. The van der Waals surface area contributed by atoms with Crippen LogP contribution in [0.15, 0.2) is 23.1 Å². The number of rotatable bonds is 6. The lowest BCUT2D eigenvalue weighted by Crippen LogP contribution is -2.41. The van der Waals surface area contributed by atoms with Crippen LogP contribution in [0.25, 0.3) is 0 Å². The van der Waals surface area contributed by atoms with Crippen LogP contribution in [-0.4, -0.2) is 56.8 Å². The molecule has 0 N–H and O–H groups in total. The molecule has 6 nitrogen and oxygen atoms in total. The second-order valence-corrected chi connectivity index (χ2v) is 8.53. The molecule has 25 heavy (non-hydrogen) atoms. The molecule has 1 aliphatic rings. The largest absolute Gasteiger partial charge is 0.492 e. The zero-order valence-electron chi connectivity index (χ0n) is 14.7. The van der Waals surface area contributed by atoms with E-state index in [2.05, 4.69) is 0 Å². The Morgan fingerprint density at radius 2 is 1.88 bits per heavy atom. The number of hydrogen-bond acceptors (Lipinski definition) is 4. The van der Waals surface area contributed by atoms with Crippen molar-refractivity contribution < 1.29 is 17.9 Å². The van der Waals surface area contributed by atoms with Crippen LogP contribution < -0.4 is 4.74 Å². The number of hydrogen-bond donors (Lipinski definition) is 0. The van der Waals surface area contributed by atoms with Gasteiger partial charge < -0.3 is 9.64 Å². The monoisotopic (exact) mass is 388 g/mol. The molecule has 0 atom stereocenters. The Bertz CT molecular complexity index is 701. The van der Waals surface area contributed by atoms with Crippen molar-refractivity contribution in [1.29, 1.82) is 0 Å². The highest BCUT2D eigenvalue weighted by molar-refractivity contribution is 7.89. The molecule has 0 aromatic heterocycles. The Morgan fingerprint density at radius 1 is 1.24 bits per heavy atom. The van der Waals surface area contributed by atoms with E-state index in [1.54, 1.807) is 17.9 Å². The van der Waals surface area contributed by atoms with Crippen LogP contribution in [0.1, 0.15) is 32.6 Å². The first-order valence-electron chi connectivity index (χ1n) is 8.52. The molecule has 140 valence electrons. The number of benzene rings is 1. The molecule has 1 amide bonds. The number of likely N-dealkylation sites (N-methyl/N-ethyl adjacent to an activating group) is 1. The molecule has 0 aliphatic carbocycles. The van der Waals surface area contributed by atoms with Gasteiger partial charge in [0.2, 0.25) is 15.9 Å². The summed E-state index contributed by atoms with van der Waals surface area (Å²) in [6.07, 6.45) is 4.15. The molecule has 0 bridgehead atoms. The third-order valence-corrected chi connectivity index (χ3v) is 6.27. The second-order valence-electron chi connectivity index (χ2n) is 6.08. The van der Waals surface area contributed by atoms with Crippen LogP contribution in [0.3, 0.4) is 0 Å². The SMILES string of the molecule is CCOc1ccc(Cl)cc1S(=O)(=O)N(C)CC(=O)N1CCCCCC1. The predicted molar refractivity (Wildman–Crippen MR) is 97.5 cm³/mol. The number of carbonyl (C=O) groups is 1. The van der Waals surface area contributed by atoms with Gasteiger partial charge in [0.25, 0.3) is 0 Å². The molecular weight excluding hydrogens is 364 g/mol. The van der Waals surface area contributed by atoms with E-state index in [0.717, 1.165) is 30.0 Å². The van der Waals surface area contributed by atoms with Crippen LogP contribution in [0.5, 0.6) is 5.75 Å². The van der Waals surface area contributed by atoms with E-state index >= 15 is 0 Å². The number of halogens is 1. The van der Waals surface area contributed by atoms with E-state index in [0.29, 0.717) is 24.7 Å². The van der Waals surface area contributed by atoms with Gasteiger partial charge in [-0.05, 0) is 38.0 Å². The molecule has 0 radical (unpaired) electrons. The van der Waals surface area contributed by atoms with Crippen molar-refractivity contribution in [3.8, 4) is 5.75 Å². The van der Waals surface area contributed by atoms with E-state index in [1.165, 1.54) is 19.2 Å². The third-order valence-electron chi connectivity index (χ3n) is 4.21. The van der Waals surface area contributed by atoms with Gasteiger partial charge >= 0.3 is 0 Å². The maximum absolute atomic E-state index is 12.9. The summed E-state index contributed by atoms with van der Waals surface area (Å²) in [5.74, 6) is 0.0638. The Hall–Kier alpha value is -1.31. The molecule has 0 saturated carbocycles. The van der Waals surface area contributed by atoms with Crippen LogP contribution >= 0.6 is 11.6 Å². The summed E-state index contributed by atoms with van der Waals surface area (Å²) < 4.78 is 32.2. The molecule has 2 rings (SSSR count). The summed E-state index contributed by atoms with van der Waals surface area (Å²) in [5, 5.41) is 0.300.